The molecule has 0 N–H and O–H groups in total. The van der Waals surface area contributed by atoms with Crippen LogP contribution in [0.2, 0.25) is 0 Å². The van der Waals surface area contributed by atoms with E-state index in [-0.39, 0.29) is 34.6 Å². The normalized spacial score (nSPS) is 8.59. The number of hydrogen-bond acceptors (Lipinski definition) is 2. The van der Waals surface area contributed by atoms with Crippen molar-refractivity contribution in [1.29, 1.82) is 0 Å². The fourth-order valence-corrected chi connectivity index (χ4v) is 1.08. The van der Waals surface area contributed by atoms with Crippen LogP contribution >= 0.6 is 0 Å². The summed E-state index contributed by atoms with van der Waals surface area (Å²) in [5.74, 6) is 0.159. The predicted octanol–water partition coefficient (Wildman–Crippen LogP) is 1.76. The zero-order chi connectivity index (χ0) is 12.0. The number of hydrogen-bond donors (Lipinski definition) is 0. The van der Waals surface area contributed by atoms with Gasteiger partial charge in [0.25, 0.3) is 0 Å². The predicted molar refractivity (Wildman–Crippen MR) is 67.0 cm³/mol. The fourth-order valence-electron chi connectivity index (χ4n) is 1.08. The van der Waals surface area contributed by atoms with Gasteiger partial charge in [0.05, 0.1) is 0 Å². The fraction of sp³-hybridized carbons (Fsp3) is 0.143. The van der Waals surface area contributed by atoms with Gasteiger partial charge in [0, 0.05) is 0 Å². The molecule has 0 saturated heterocycles. The summed E-state index contributed by atoms with van der Waals surface area (Å²) in [5.41, 5.74) is 2.26. The summed E-state index contributed by atoms with van der Waals surface area (Å²) in [5, 5.41) is 20.8. The van der Waals surface area contributed by atoms with Gasteiger partial charge in [-0.2, -0.15) is 0 Å². The Balaban J connectivity index is 0.000000284. The van der Waals surface area contributed by atoms with Gasteiger partial charge in [-0.05, 0) is 13.8 Å². The molecule has 17 heavy (non-hydrogen) atoms. The summed E-state index contributed by atoms with van der Waals surface area (Å²) in [7, 11) is 0. The van der Waals surface area contributed by atoms with Crippen LogP contribution in [-0.4, -0.2) is 23.1 Å². The third-order valence-electron chi connectivity index (χ3n) is 2.04. The van der Waals surface area contributed by atoms with Gasteiger partial charge in [0.2, 0.25) is 0 Å². The van der Waals surface area contributed by atoms with Gasteiger partial charge in [-0.25, -0.2) is 0 Å². The first kappa shape index (κ1) is 15.8. The molecule has 0 fully saturated rings. The molecular weight excluding hydrogens is 224 g/mol. The van der Waals surface area contributed by atoms with Crippen LogP contribution in [-0.2, 0) is 0 Å². The van der Waals surface area contributed by atoms with Crippen molar-refractivity contribution in [3.63, 3.8) is 0 Å². The molecule has 0 bridgehead atoms. The molecule has 0 amide bonds. The van der Waals surface area contributed by atoms with E-state index in [1.807, 2.05) is 38.1 Å². The summed E-state index contributed by atoms with van der Waals surface area (Å²) >= 11 is 0. The van der Waals surface area contributed by atoms with Crippen LogP contribution in [0.15, 0.2) is 48.5 Å². The third-order valence-corrected chi connectivity index (χ3v) is 2.04. The Kier molecular flexibility index (Phi) is 7.42. The molecule has 2 aromatic carbocycles. The van der Waals surface area contributed by atoms with E-state index in [0.717, 1.165) is 11.1 Å². The maximum Gasteiger partial charge on any atom is 2.00 e. The average molecular weight is 239 g/mol. The van der Waals surface area contributed by atoms with Gasteiger partial charge < -0.3 is 10.2 Å². The molecule has 0 saturated carbocycles. The van der Waals surface area contributed by atoms with Crippen LogP contribution in [0.4, 0.5) is 0 Å². The number of aryl methyl sites for hydroxylation is 2. The molecule has 0 aliphatic carbocycles. The molecule has 3 heteroatoms. The summed E-state index contributed by atoms with van der Waals surface area (Å²) in [6.07, 6.45) is 0. The smallest absolute Gasteiger partial charge is 0.872 e. The maximum absolute atomic E-state index is 10.4. The van der Waals surface area contributed by atoms with Gasteiger partial charge in [-0.1, -0.05) is 59.7 Å². The van der Waals surface area contributed by atoms with E-state index in [9.17, 15) is 10.2 Å². The monoisotopic (exact) mass is 238 g/mol. The van der Waals surface area contributed by atoms with Crippen LogP contribution in [0.5, 0.6) is 11.5 Å². The van der Waals surface area contributed by atoms with Crippen molar-refractivity contribution in [2.45, 2.75) is 13.8 Å². The van der Waals surface area contributed by atoms with Crippen molar-refractivity contribution in [3.05, 3.63) is 59.7 Å². The second-order valence-corrected chi connectivity index (χ2v) is 3.63. The third kappa shape index (κ3) is 6.87. The van der Waals surface area contributed by atoms with Crippen molar-refractivity contribution in [1.82, 2.24) is 0 Å². The van der Waals surface area contributed by atoms with Crippen molar-refractivity contribution in [2.24, 2.45) is 0 Å². The van der Waals surface area contributed by atoms with Crippen molar-refractivity contribution in [2.75, 3.05) is 0 Å². The SMILES string of the molecule is Cc1ccc([O-])cc1.Cc1ccc([O-])cc1.[Mg+2]. The van der Waals surface area contributed by atoms with E-state index in [1.165, 1.54) is 0 Å². The zero-order valence-corrected chi connectivity index (χ0v) is 11.6. The minimum absolute atomic E-state index is 0. The second-order valence-electron chi connectivity index (χ2n) is 3.63. The van der Waals surface area contributed by atoms with Gasteiger partial charge >= 0.3 is 23.1 Å². The van der Waals surface area contributed by atoms with E-state index >= 15 is 0 Å². The summed E-state index contributed by atoms with van der Waals surface area (Å²) in [6.45, 7) is 3.92. The van der Waals surface area contributed by atoms with E-state index in [2.05, 4.69) is 0 Å². The van der Waals surface area contributed by atoms with E-state index < -0.39 is 0 Å². The minimum Gasteiger partial charge on any atom is -0.872 e. The molecule has 2 rings (SSSR count). The molecule has 2 aromatic rings. The molecule has 0 aromatic heterocycles. The molecule has 84 valence electrons. The van der Waals surface area contributed by atoms with Crippen LogP contribution < -0.4 is 10.2 Å². The Hall–Kier alpha value is -1.19. The van der Waals surface area contributed by atoms with Crippen LogP contribution in [0.3, 0.4) is 0 Å². The van der Waals surface area contributed by atoms with Gasteiger partial charge in [0.15, 0.2) is 0 Å². The maximum atomic E-state index is 10.4. The van der Waals surface area contributed by atoms with Crippen molar-refractivity contribution >= 4 is 23.1 Å². The summed E-state index contributed by atoms with van der Waals surface area (Å²) in [6, 6.07) is 13.5. The molecular formula is C14H14MgO2. The molecule has 0 aliphatic rings. The zero-order valence-electron chi connectivity index (χ0n) is 10.1. The topological polar surface area (TPSA) is 46.1 Å². The van der Waals surface area contributed by atoms with Crippen LogP contribution in [0.1, 0.15) is 11.1 Å². The summed E-state index contributed by atoms with van der Waals surface area (Å²) < 4.78 is 0. The first-order chi connectivity index (χ1) is 7.58. The Morgan fingerprint density at radius 3 is 1.00 bits per heavy atom. The Labute approximate surface area is 118 Å². The van der Waals surface area contributed by atoms with Crippen LogP contribution in [0, 0.1) is 13.8 Å². The van der Waals surface area contributed by atoms with E-state index in [0.29, 0.717) is 0 Å². The first-order valence-corrected chi connectivity index (χ1v) is 5.05. The molecule has 2 nitrogen and oxygen atoms in total. The average Bonchev–Trinajstić information content (AvgIpc) is 2.28. The Morgan fingerprint density at radius 1 is 0.588 bits per heavy atom. The van der Waals surface area contributed by atoms with E-state index in [1.54, 1.807) is 24.3 Å². The largest absolute Gasteiger partial charge is 2.00 e. The minimum atomic E-state index is 0. The van der Waals surface area contributed by atoms with Crippen molar-refractivity contribution in [3.8, 4) is 11.5 Å². The van der Waals surface area contributed by atoms with Gasteiger partial charge in [-0.3, -0.25) is 0 Å². The number of rotatable bonds is 0. The number of benzene rings is 2. The van der Waals surface area contributed by atoms with Gasteiger partial charge in [-0.15, -0.1) is 11.5 Å². The molecule has 0 heterocycles. The van der Waals surface area contributed by atoms with E-state index in [4.69, 9.17) is 0 Å². The molecule has 0 atom stereocenters. The quantitative estimate of drug-likeness (QED) is 0.657. The molecule has 0 aliphatic heterocycles. The van der Waals surface area contributed by atoms with Gasteiger partial charge in [0.1, 0.15) is 0 Å². The Morgan fingerprint density at radius 2 is 0.824 bits per heavy atom. The molecule has 0 radical (unpaired) electrons. The Bertz CT molecular complexity index is 335. The van der Waals surface area contributed by atoms with Crippen molar-refractivity contribution < 1.29 is 10.2 Å². The molecule has 0 unspecified atom stereocenters. The standard InChI is InChI=1S/2C7H8O.Mg/c2*1-6-2-4-7(8)5-3-6;/h2*2-5,8H,1H3;/q;;+2/p-2. The summed E-state index contributed by atoms with van der Waals surface area (Å²) in [4.78, 5) is 0. The molecule has 0 spiro atoms. The first-order valence-electron chi connectivity index (χ1n) is 5.05. The second kappa shape index (κ2) is 7.98. The van der Waals surface area contributed by atoms with Crippen LogP contribution in [0.25, 0.3) is 0 Å².